The van der Waals surface area contributed by atoms with E-state index in [9.17, 15) is 9.90 Å². The summed E-state index contributed by atoms with van der Waals surface area (Å²) in [5.74, 6) is -0.259. The third kappa shape index (κ3) is 4.65. The van der Waals surface area contributed by atoms with Gasteiger partial charge in [-0.25, -0.2) is 9.48 Å². The van der Waals surface area contributed by atoms with E-state index < -0.39 is 14.0 Å². The summed E-state index contributed by atoms with van der Waals surface area (Å²) < 4.78 is 13.5. The number of rotatable bonds is 8. The first-order valence-corrected chi connectivity index (χ1v) is 13.0. The topological polar surface area (TPSA) is 73.6 Å². The van der Waals surface area contributed by atoms with Gasteiger partial charge in [-0.05, 0) is 43.9 Å². The van der Waals surface area contributed by atoms with Crippen molar-refractivity contribution in [2.24, 2.45) is 0 Å². The van der Waals surface area contributed by atoms with Crippen molar-refractivity contribution in [3.8, 4) is 5.75 Å². The molecule has 0 spiro atoms. The number of hydrogen-bond donors (Lipinski definition) is 1. The number of hydrogen-bond acceptors (Lipinski definition) is 4. The van der Waals surface area contributed by atoms with Crippen molar-refractivity contribution in [2.45, 2.75) is 64.2 Å². The van der Waals surface area contributed by atoms with Crippen LogP contribution in [0.2, 0.25) is 25.7 Å². The van der Waals surface area contributed by atoms with E-state index in [4.69, 9.17) is 9.47 Å². The minimum atomic E-state index is -1.16. The van der Waals surface area contributed by atoms with Crippen LogP contribution < -0.4 is 4.74 Å². The molecule has 1 fully saturated rings. The highest BCUT2D eigenvalue weighted by atomic mass is 28.3. The molecule has 0 radical (unpaired) electrons. The van der Waals surface area contributed by atoms with Crippen molar-refractivity contribution in [3.05, 3.63) is 23.9 Å². The third-order valence-corrected chi connectivity index (χ3v) is 6.44. The van der Waals surface area contributed by atoms with E-state index >= 15 is 0 Å². The van der Waals surface area contributed by atoms with Crippen LogP contribution >= 0.6 is 0 Å². The number of carbonyl (C=O) groups is 1. The summed E-state index contributed by atoms with van der Waals surface area (Å²) in [6, 6.07) is 6.57. The van der Waals surface area contributed by atoms with Crippen molar-refractivity contribution < 1.29 is 19.4 Å². The van der Waals surface area contributed by atoms with Crippen LogP contribution in [0.25, 0.3) is 10.9 Å². The highest BCUT2D eigenvalue weighted by Crippen LogP contribution is 2.28. The van der Waals surface area contributed by atoms with Crippen LogP contribution in [-0.4, -0.2) is 41.6 Å². The Morgan fingerprint density at radius 1 is 1.31 bits per heavy atom. The minimum absolute atomic E-state index is 0.0567. The van der Waals surface area contributed by atoms with E-state index in [1.807, 2.05) is 12.1 Å². The van der Waals surface area contributed by atoms with Gasteiger partial charge in [0, 0.05) is 26.1 Å². The molecule has 7 heteroatoms. The first kappa shape index (κ1) is 18.9. The average Bonchev–Trinajstić information content (AvgIpc) is 3.18. The predicted molar refractivity (Wildman–Crippen MR) is 104 cm³/mol. The predicted octanol–water partition coefficient (Wildman–Crippen LogP) is 4.37. The maximum Gasteiger partial charge on any atom is 0.357 e. The van der Waals surface area contributed by atoms with Crippen molar-refractivity contribution in [1.82, 2.24) is 9.78 Å². The van der Waals surface area contributed by atoms with Gasteiger partial charge in [-0.2, -0.15) is 5.10 Å². The lowest BCUT2D eigenvalue weighted by atomic mass is 10.2. The molecule has 0 saturated heterocycles. The summed E-state index contributed by atoms with van der Waals surface area (Å²) in [6.07, 6.45) is 4.84. The second-order valence-electron chi connectivity index (χ2n) is 8.20. The summed E-state index contributed by atoms with van der Waals surface area (Å²) in [5.41, 5.74) is 0.798. The van der Waals surface area contributed by atoms with Gasteiger partial charge in [0.1, 0.15) is 12.5 Å². The second kappa shape index (κ2) is 7.80. The van der Waals surface area contributed by atoms with Gasteiger partial charge >= 0.3 is 5.97 Å². The SMILES string of the molecule is C[Si](C)(C)CCOCn1nc(C(=O)O)c2ccc(OC3CCCC3)cc21. The van der Waals surface area contributed by atoms with Crippen molar-refractivity contribution in [2.75, 3.05) is 6.61 Å². The molecule has 1 saturated carbocycles. The Labute approximate surface area is 155 Å². The van der Waals surface area contributed by atoms with Crippen LogP contribution in [0.5, 0.6) is 5.75 Å². The molecule has 1 heterocycles. The van der Waals surface area contributed by atoms with Crippen molar-refractivity contribution in [3.63, 3.8) is 0 Å². The number of benzene rings is 1. The van der Waals surface area contributed by atoms with Crippen LogP contribution in [0.15, 0.2) is 18.2 Å². The third-order valence-electron chi connectivity index (χ3n) is 4.74. The van der Waals surface area contributed by atoms with Crippen LogP contribution in [0.4, 0.5) is 0 Å². The summed E-state index contributed by atoms with van der Waals surface area (Å²) in [6.45, 7) is 7.82. The molecule has 0 atom stereocenters. The molecule has 1 aromatic heterocycles. The van der Waals surface area contributed by atoms with Gasteiger partial charge in [-0.1, -0.05) is 19.6 Å². The van der Waals surface area contributed by atoms with E-state index in [1.165, 1.54) is 12.8 Å². The van der Waals surface area contributed by atoms with Gasteiger partial charge in [0.2, 0.25) is 0 Å². The highest BCUT2D eigenvalue weighted by Gasteiger charge is 2.20. The summed E-state index contributed by atoms with van der Waals surface area (Å²) in [7, 11) is -1.16. The molecule has 1 N–H and O–H groups in total. The van der Waals surface area contributed by atoms with E-state index in [1.54, 1.807) is 10.7 Å². The van der Waals surface area contributed by atoms with Gasteiger partial charge in [0.25, 0.3) is 0 Å². The highest BCUT2D eigenvalue weighted by molar-refractivity contribution is 6.76. The van der Waals surface area contributed by atoms with Crippen LogP contribution in [0.1, 0.15) is 36.2 Å². The molecule has 1 aromatic carbocycles. The molecule has 1 aliphatic rings. The first-order valence-electron chi connectivity index (χ1n) is 9.32. The molecule has 2 aromatic rings. The molecule has 142 valence electrons. The van der Waals surface area contributed by atoms with E-state index in [2.05, 4.69) is 24.7 Å². The van der Waals surface area contributed by atoms with Gasteiger partial charge in [0.15, 0.2) is 5.69 Å². The zero-order valence-corrected chi connectivity index (χ0v) is 16.8. The smallest absolute Gasteiger partial charge is 0.357 e. The zero-order valence-electron chi connectivity index (χ0n) is 15.8. The number of fused-ring (bicyclic) bond motifs is 1. The molecule has 0 amide bonds. The average molecular weight is 377 g/mol. The Balaban J connectivity index is 1.79. The molecule has 3 rings (SSSR count). The quantitative estimate of drug-likeness (QED) is 0.547. The fraction of sp³-hybridized carbons (Fsp3) is 0.579. The normalized spacial score (nSPS) is 15.7. The number of aromatic nitrogens is 2. The first-order chi connectivity index (χ1) is 12.3. The summed E-state index contributed by atoms with van der Waals surface area (Å²) >= 11 is 0. The van der Waals surface area contributed by atoms with Gasteiger partial charge in [0.05, 0.1) is 11.6 Å². The van der Waals surface area contributed by atoms with Crippen LogP contribution in [0.3, 0.4) is 0 Å². The number of aromatic carboxylic acids is 1. The van der Waals surface area contributed by atoms with E-state index in [0.717, 1.165) is 30.2 Å². The second-order valence-corrected chi connectivity index (χ2v) is 13.8. The number of carboxylic acids is 1. The molecular weight excluding hydrogens is 348 g/mol. The molecule has 0 bridgehead atoms. The molecular formula is C19H28N2O4Si. The molecule has 0 unspecified atom stereocenters. The Bertz CT molecular complexity index is 776. The van der Waals surface area contributed by atoms with Crippen LogP contribution in [-0.2, 0) is 11.5 Å². The lowest BCUT2D eigenvalue weighted by Crippen LogP contribution is -2.22. The minimum Gasteiger partial charge on any atom is -0.490 e. The molecule has 26 heavy (non-hydrogen) atoms. The standard InChI is InChI=1S/C19H28N2O4Si/c1-26(2,3)11-10-24-13-21-17-12-15(25-14-6-4-5-7-14)8-9-16(17)18(20-21)19(22)23/h8-9,12,14H,4-7,10-11,13H2,1-3H3,(H,22,23). The molecule has 6 nitrogen and oxygen atoms in total. The fourth-order valence-corrected chi connectivity index (χ4v) is 3.97. The number of nitrogens with zero attached hydrogens (tertiary/aromatic N) is 2. The Hall–Kier alpha value is -1.86. The van der Waals surface area contributed by atoms with Crippen molar-refractivity contribution in [1.29, 1.82) is 0 Å². The lowest BCUT2D eigenvalue weighted by Gasteiger charge is -2.15. The maximum absolute atomic E-state index is 11.5. The van der Waals surface area contributed by atoms with Crippen molar-refractivity contribution >= 4 is 24.9 Å². The monoisotopic (exact) mass is 376 g/mol. The number of carboxylic acid groups (broad SMARTS) is 1. The lowest BCUT2D eigenvalue weighted by molar-refractivity contribution is 0.0676. The zero-order chi connectivity index (χ0) is 18.7. The number of ether oxygens (including phenoxy) is 2. The molecule has 1 aliphatic carbocycles. The Morgan fingerprint density at radius 3 is 2.69 bits per heavy atom. The molecule has 0 aliphatic heterocycles. The Kier molecular flexibility index (Phi) is 5.67. The summed E-state index contributed by atoms with van der Waals surface area (Å²) in [5, 5.41) is 14.3. The fourth-order valence-electron chi connectivity index (χ4n) is 3.21. The largest absolute Gasteiger partial charge is 0.490 e. The maximum atomic E-state index is 11.5. The van der Waals surface area contributed by atoms with Crippen LogP contribution in [0, 0.1) is 0 Å². The van der Waals surface area contributed by atoms with Gasteiger partial charge in [-0.15, -0.1) is 0 Å². The van der Waals surface area contributed by atoms with Gasteiger partial charge in [-0.3, -0.25) is 0 Å². The van der Waals surface area contributed by atoms with E-state index in [-0.39, 0.29) is 18.5 Å². The van der Waals surface area contributed by atoms with E-state index in [0.29, 0.717) is 12.0 Å². The summed E-state index contributed by atoms with van der Waals surface area (Å²) in [4.78, 5) is 11.5. The van der Waals surface area contributed by atoms with Gasteiger partial charge < -0.3 is 14.6 Å². The Morgan fingerprint density at radius 2 is 2.04 bits per heavy atom.